The molecule has 0 saturated carbocycles. The van der Waals surface area contributed by atoms with Gasteiger partial charge in [-0.25, -0.2) is 0 Å². The predicted molar refractivity (Wildman–Crippen MR) is 89.5 cm³/mol. The van der Waals surface area contributed by atoms with E-state index in [1.807, 2.05) is 30.5 Å². The SMILES string of the molecule is COc1ccc2[nH]cc(/C(C#N)=C/c3cccc(C#N)c3)c2c1. The van der Waals surface area contributed by atoms with Crippen molar-refractivity contribution in [2.45, 2.75) is 0 Å². The minimum atomic E-state index is 0.527. The second-order valence-electron chi connectivity index (χ2n) is 5.02. The third-order valence-corrected chi connectivity index (χ3v) is 3.63. The molecule has 0 aliphatic rings. The van der Waals surface area contributed by atoms with Crippen molar-refractivity contribution < 1.29 is 4.74 Å². The molecule has 0 fully saturated rings. The van der Waals surface area contributed by atoms with Gasteiger partial charge in [0.05, 0.1) is 30.4 Å². The highest BCUT2D eigenvalue weighted by atomic mass is 16.5. The van der Waals surface area contributed by atoms with Gasteiger partial charge in [-0.2, -0.15) is 10.5 Å². The van der Waals surface area contributed by atoms with E-state index in [1.54, 1.807) is 31.4 Å². The number of hydrogen-bond acceptors (Lipinski definition) is 3. The maximum atomic E-state index is 9.54. The standard InChI is InChI=1S/C19H13N3O/c1-23-16-5-6-19-17(9-16)18(12-22-19)15(11-21)8-13-3-2-4-14(7-13)10-20/h2-9,12,22H,1H3/b15-8+. The Morgan fingerprint density at radius 1 is 1.17 bits per heavy atom. The summed E-state index contributed by atoms with van der Waals surface area (Å²) in [5.74, 6) is 0.738. The van der Waals surface area contributed by atoms with Gasteiger partial charge < -0.3 is 9.72 Å². The lowest BCUT2D eigenvalue weighted by molar-refractivity contribution is 0.415. The van der Waals surface area contributed by atoms with E-state index in [2.05, 4.69) is 17.1 Å². The minimum absolute atomic E-state index is 0.527. The Morgan fingerprint density at radius 2 is 2.04 bits per heavy atom. The fraction of sp³-hybridized carbons (Fsp3) is 0.0526. The van der Waals surface area contributed by atoms with Gasteiger partial charge in [-0.3, -0.25) is 0 Å². The summed E-state index contributed by atoms with van der Waals surface area (Å²) in [6.07, 6.45) is 3.59. The van der Waals surface area contributed by atoms with Crippen molar-refractivity contribution in [3.05, 3.63) is 65.4 Å². The second kappa shape index (κ2) is 6.09. The molecular weight excluding hydrogens is 286 g/mol. The molecule has 1 N–H and O–H groups in total. The quantitative estimate of drug-likeness (QED) is 0.739. The van der Waals surface area contributed by atoms with E-state index >= 15 is 0 Å². The minimum Gasteiger partial charge on any atom is -0.497 e. The number of allylic oxidation sites excluding steroid dienone is 1. The Morgan fingerprint density at radius 3 is 2.78 bits per heavy atom. The topological polar surface area (TPSA) is 72.6 Å². The van der Waals surface area contributed by atoms with E-state index in [-0.39, 0.29) is 0 Å². The van der Waals surface area contributed by atoms with Gasteiger partial charge in [0.2, 0.25) is 0 Å². The van der Waals surface area contributed by atoms with Crippen LogP contribution < -0.4 is 4.74 Å². The van der Waals surface area contributed by atoms with Gasteiger partial charge >= 0.3 is 0 Å². The van der Waals surface area contributed by atoms with E-state index in [1.165, 1.54) is 0 Å². The normalized spacial score (nSPS) is 11.0. The van der Waals surface area contributed by atoms with Crippen molar-refractivity contribution in [2.24, 2.45) is 0 Å². The summed E-state index contributed by atoms with van der Waals surface area (Å²) in [5.41, 5.74) is 3.66. The molecule has 1 heterocycles. The number of fused-ring (bicyclic) bond motifs is 1. The van der Waals surface area contributed by atoms with E-state index in [0.29, 0.717) is 11.1 Å². The van der Waals surface area contributed by atoms with Crippen molar-refractivity contribution >= 4 is 22.6 Å². The van der Waals surface area contributed by atoms with Crippen LogP contribution in [0, 0.1) is 22.7 Å². The molecule has 0 atom stereocenters. The molecule has 1 aromatic heterocycles. The number of aromatic nitrogens is 1. The van der Waals surface area contributed by atoms with Crippen molar-refractivity contribution in [3.63, 3.8) is 0 Å². The van der Waals surface area contributed by atoms with Gasteiger partial charge in [0.1, 0.15) is 5.75 Å². The highest BCUT2D eigenvalue weighted by molar-refractivity contribution is 6.01. The van der Waals surface area contributed by atoms with Crippen molar-refractivity contribution in [3.8, 4) is 17.9 Å². The number of nitriles is 2. The Kier molecular flexibility index (Phi) is 3.82. The smallest absolute Gasteiger partial charge is 0.119 e. The monoisotopic (exact) mass is 299 g/mol. The zero-order valence-corrected chi connectivity index (χ0v) is 12.5. The average Bonchev–Trinajstić information content (AvgIpc) is 3.02. The first-order valence-corrected chi connectivity index (χ1v) is 7.02. The fourth-order valence-electron chi connectivity index (χ4n) is 2.48. The molecule has 3 rings (SSSR count). The molecule has 0 spiro atoms. The van der Waals surface area contributed by atoms with Crippen LogP contribution in [0.25, 0.3) is 22.6 Å². The summed E-state index contributed by atoms with van der Waals surface area (Å²) in [4.78, 5) is 3.16. The highest BCUT2D eigenvalue weighted by Crippen LogP contribution is 2.29. The van der Waals surface area contributed by atoms with Crippen molar-refractivity contribution in [1.29, 1.82) is 10.5 Å². The van der Waals surface area contributed by atoms with Gasteiger partial charge in [0, 0.05) is 22.7 Å². The lowest BCUT2D eigenvalue weighted by atomic mass is 10.0. The van der Waals surface area contributed by atoms with Crippen LogP contribution in [-0.2, 0) is 0 Å². The Bertz CT molecular complexity index is 984. The zero-order chi connectivity index (χ0) is 16.2. The molecule has 2 aromatic carbocycles. The van der Waals surface area contributed by atoms with Gasteiger partial charge in [-0.15, -0.1) is 0 Å². The first-order chi connectivity index (χ1) is 11.2. The molecule has 0 bridgehead atoms. The van der Waals surface area contributed by atoms with Crippen LogP contribution in [0.15, 0.2) is 48.7 Å². The van der Waals surface area contributed by atoms with Crippen LogP contribution in [0.2, 0.25) is 0 Å². The van der Waals surface area contributed by atoms with E-state index < -0.39 is 0 Å². The molecule has 4 nitrogen and oxygen atoms in total. The Labute approximate surface area is 133 Å². The number of hydrogen-bond donors (Lipinski definition) is 1. The number of methoxy groups -OCH3 is 1. The van der Waals surface area contributed by atoms with Crippen LogP contribution in [-0.4, -0.2) is 12.1 Å². The molecule has 3 aromatic rings. The number of H-pyrrole nitrogens is 1. The van der Waals surface area contributed by atoms with Gasteiger partial charge in [-0.05, 0) is 42.0 Å². The van der Waals surface area contributed by atoms with Crippen molar-refractivity contribution in [2.75, 3.05) is 7.11 Å². The Balaban J connectivity index is 2.13. The summed E-state index contributed by atoms with van der Waals surface area (Å²) >= 11 is 0. The lowest BCUT2D eigenvalue weighted by Crippen LogP contribution is -1.84. The fourth-order valence-corrected chi connectivity index (χ4v) is 2.48. The average molecular weight is 299 g/mol. The van der Waals surface area contributed by atoms with Crippen molar-refractivity contribution in [1.82, 2.24) is 4.98 Å². The molecule has 0 radical (unpaired) electrons. The third kappa shape index (κ3) is 2.79. The number of nitrogens with one attached hydrogen (secondary N) is 1. The third-order valence-electron chi connectivity index (χ3n) is 3.63. The Hall–Kier alpha value is -3.50. The molecule has 0 aliphatic carbocycles. The zero-order valence-electron chi connectivity index (χ0n) is 12.5. The van der Waals surface area contributed by atoms with E-state index in [9.17, 15) is 5.26 Å². The molecule has 0 amide bonds. The number of nitrogens with zero attached hydrogens (tertiary/aromatic N) is 2. The molecule has 23 heavy (non-hydrogen) atoms. The van der Waals surface area contributed by atoms with Gasteiger partial charge in [-0.1, -0.05) is 12.1 Å². The second-order valence-corrected chi connectivity index (χ2v) is 5.02. The number of rotatable bonds is 3. The first kappa shape index (κ1) is 14.4. The molecule has 0 unspecified atom stereocenters. The van der Waals surface area contributed by atoms with Crippen LogP contribution in [0.4, 0.5) is 0 Å². The molecule has 0 saturated heterocycles. The largest absolute Gasteiger partial charge is 0.497 e. The first-order valence-electron chi connectivity index (χ1n) is 7.02. The molecular formula is C19H13N3O. The van der Waals surface area contributed by atoms with Gasteiger partial charge in [0.15, 0.2) is 0 Å². The molecule has 4 heteroatoms. The number of benzene rings is 2. The number of ether oxygens (including phenoxy) is 1. The van der Waals surface area contributed by atoms with Crippen LogP contribution in [0.1, 0.15) is 16.7 Å². The maximum Gasteiger partial charge on any atom is 0.119 e. The summed E-state index contributed by atoms with van der Waals surface area (Å²) in [6.45, 7) is 0. The van der Waals surface area contributed by atoms with Crippen LogP contribution in [0.5, 0.6) is 5.75 Å². The highest BCUT2D eigenvalue weighted by Gasteiger charge is 2.10. The number of aromatic amines is 1. The molecule has 0 aliphatic heterocycles. The maximum absolute atomic E-state index is 9.54. The predicted octanol–water partition coefficient (Wildman–Crippen LogP) is 4.11. The molecule has 110 valence electrons. The summed E-state index contributed by atoms with van der Waals surface area (Å²) in [6, 6.07) is 17.2. The summed E-state index contributed by atoms with van der Waals surface area (Å²) in [7, 11) is 1.61. The summed E-state index contributed by atoms with van der Waals surface area (Å²) in [5, 5.41) is 19.4. The summed E-state index contributed by atoms with van der Waals surface area (Å²) < 4.78 is 5.26. The van der Waals surface area contributed by atoms with E-state index in [4.69, 9.17) is 10.00 Å². The van der Waals surface area contributed by atoms with Gasteiger partial charge in [0.25, 0.3) is 0 Å². The lowest BCUT2D eigenvalue weighted by Gasteiger charge is -2.02. The van der Waals surface area contributed by atoms with Crippen LogP contribution in [0.3, 0.4) is 0 Å². The van der Waals surface area contributed by atoms with Crippen LogP contribution >= 0.6 is 0 Å². The van der Waals surface area contributed by atoms with E-state index in [0.717, 1.165) is 27.8 Å².